The fraction of sp³-hybridized carbons (Fsp3) is 0.381. The topological polar surface area (TPSA) is 64.1 Å². The Morgan fingerprint density at radius 1 is 1.11 bits per heavy atom. The Labute approximate surface area is 182 Å². The van der Waals surface area contributed by atoms with Crippen LogP contribution in [0.5, 0.6) is 17.2 Å². The van der Waals surface area contributed by atoms with Gasteiger partial charge in [0, 0.05) is 31.1 Å². The van der Waals surface area contributed by atoms with Crippen molar-refractivity contribution in [2.24, 2.45) is 4.99 Å². The van der Waals surface area contributed by atoms with Crippen LogP contribution in [0.25, 0.3) is 0 Å². The van der Waals surface area contributed by atoms with E-state index in [1.165, 1.54) is 5.56 Å². The molecular weight excluding hydrogens is 469 g/mol. The van der Waals surface area contributed by atoms with E-state index in [4.69, 9.17) is 14.2 Å². The first-order valence-electron chi connectivity index (χ1n) is 9.21. The van der Waals surface area contributed by atoms with Crippen LogP contribution in [0.3, 0.4) is 0 Å². The van der Waals surface area contributed by atoms with Gasteiger partial charge in [0.1, 0.15) is 5.75 Å². The molecule has 2 aromatic carbocycles. The van der Waals surface area contributed by atoms with Gasteiger partial charge in [-0.2, -0.15) is 0 Å². The number of aliphatic imine (C=N–C) groups is 1. The van der Waals surface area contributed by atoms with Gasteiger partial charge >= 0.3 is 0 Å². The third kappa shape index (κ3) is 4.29. The molecule has 6 nitrogen and oxygen atoms in total. The van der Waals surface area contributed by atoms with E-state index in [1.807, 2.05) is 30.3 Å². The summed E-state index contributed by atoms with van der Waals surface area (Å²) in [6.45, 7) is 1.79. The summed E-state index contributed by atoms with van der Waals surface area (Å²) in [5.41, 5.74) is 2.53. The highest BCUT2D eigenvalue weighted by atomic mass is 127. The molecule has 0 unspecified atom stereocenters. The molecule has 2 aromatic rings. The minimum Gasteiger partial charge on any atom is -0.496 e. The van der Waals surface area contributed by atoms with E-state index >= 15 is 0 Å². The molecule has 1 fully saturated rings. The van der Waals surface area contributed by atoms with Crippen LogP contribution in [0.2, 0.25) is 0 Å². The molecule has 1 aliphatic carbocycles. The first-order valence-corrected chi connectivity index (χ1v) is 9.21. The van der Waals surface area contributed by atoms with E-state index in [9.17, 15) is 0 Å². The quantitative estimate of drug-likeness (QED) is 0.366. The number of nitrogens with zero attached hydrogens (tertiary/aromatic N) is 1. The molecule has 0 bridgehead atoms. The number of nitrogens with one attached hydrogen (secondary N) is 2. The maximum Gasteiger partial charge on any atom is 0.231 e. The third-order valence-corrected chi connectivity index (χ3v) is 5.30. The summed E-state index contributed by atoms with van der Waals surface area (Å²) in [4.78, 5) is 4.35. The average molecular weight is 495 g/mol. The van der Waals surface area contributed by atoms with Crippen molar-refractivity contribution in [1.29, 1.82) is 0 Å². The van der Waals surface area contributed by atoms with Gasteiger partial charge in [0.2, 0.25) is 6.79 Å². The maximum absolute atomic E-state index is 5.53. The molecule has 2 N–H and O–H groups in total. The van der Waals surface area contributed by atoms with Crippen LogP contribution < -0.4 is 24.8 Å². The molecule has 1 aliphatic heterocycles. The predicted octanol–water partition coefficient (Wildman–Crippen LogP) is 3.44. The van der Waals surface area contributed by atoms with Crippen LogP contribution in [0, 0.1) is 0 Å². The number of rotatable bonds is 6. The Bertz CT molecular complexity index is 853. The van der Waals surface area contributed by atoms with Crippen molar-refractivity contribution in [2.75, 3.05) is 27.5 Å². The highest BCUT2D eigenvalue weighted by Gasteiger charge is 2.44. The molecule has 150 valence electrons. The second kappa shape index (κ2) is 8.89. The first-order chi connectivity index (χ1) is 13.2. The molecule has 28 heavy (non-hydrogen) atoms. The maximum atomic E-state index is 5.53. The average Bonchev–Trinajstić information content (AvgIpc) is 3.36. The van der Waals surface area contributed by atoms with E-state index in [0.717, 1.165) is 48.2 Å². The van der Waals surface area contributed by atoms with Gasteiger partial charge in [0.05, 0.1) is 7.11 Å². The van der Waals surface area contributed by atoms with Crippen molar-refractivity contribution in [1.82, 2.24) is 10.6 Å². The van der Waals surface area contributed by atoms with Crippen molar-refractivity contribution >= 4 is 29.9 Å². The zero-order chi connectivity index (χ0) is 18.7. The zero-order valence-corrected chi connectivity index (χ0v) is 18.5. The van der Waals surface area contributed by atoms with Gasteiger partial charge in [-0.1, -0.05) is 24.3 Å². The lowest BCUT2D eigenvalue weighted by Crippen LogP contribution is -2.40. The van der Waals surface area contributed by atoms with Crippen molar-refractivity contribution in [2.45, 2.75) is 24.8 Å². The number of halogens is 1. The monoisotopic (exact) mass is 495 g/mol. The molecule has 1 heterocycles. The van der Waals surface area contributed by atoms with Crippen LogP contribution in [-0.2, 0) is 12.0 Å². The van der Waals surface area contributed by atoms with Crippen molar-refractivity contribution in [3.8, 4) is 17.2 Å². The molecule has 0 spiro atoms. The Hall–Kier alpha value is -2.16. The number of guanidine groups is 1. The molecule has 0 radical (unpaired) electrons. The number of fused-ring (bicyclic) bond motifs is 1. The lowest BCUT2D eigenvalue weighted by Gasteiger charge is -2.19. The van der Waals surface area contributed by atoms with Crippen molar-refractivity contribution < 1.29 is 14.2 Å². The normalized spacial score (nSPS) is 16.1. The van der Waals surface area contributed by atoms with E-state index in [1.54, 1.807) is 14.2 Å². The smallest absolute Gasteiger partial charge is 0.231 e. The number of methoxy groups -OCH3 is 1. The highest BCUT2D eigenvalue weighted by Crippen LogP contribution is 2.49. The van der Waals surface area contributed by atoms with Gasteiger partial charge in [0.15, 0.2) is 17.5 Å². The van der Waals surface area contributed by atoms with E-state index in [0.29, 0.717) is 13.3 Å². The molecule has 2 aliphatic rings. The third-order valence-electron chi connectivity index (χ3n) is 5.30. The SMILES string of the molecule is CN=C(NCc1ccccc1OC)NCC1(c2ccc3c(c2)OCO3)CC1.I. The molecule has 1 saturated carbocycles. The van der Waals surface area contributed by atoms with Gasteiger partial charge in [-0.05, 0) is 36.6 Å². The molecule has 0 atom stereocenters. The lowest BCUT2D eigenvalue weighted by atomic mass is 9.95. The Morgan fingerprint density at radius 3 is 2.64 bits per heavy atom. The molecule has 0 aromatic heterocycles. The van der Waals surface area contributed by atoms with Gasteiger partial charge in [0.25, 0.3) is 0 Å². The van der Waals surface area contributed by atoms with Gasteiger partial charge in [-0.15, -0.1) is 24.0 Å². The fourth-order valence-electron chi connectivity index (χ4n) is 3.45. The fourth-order valence-corrected chi connectivity index (χ4v) is 3.45. The molecular formula is C21H26IN3O3. The number of benzene rings is 2. The number of para-hydroxylation sites is 1. The summed E-state index contributed by atoms with van der Waals surface area (Å²) in [5, 5.41) is 6.84. The zero-order valence-electron chi connectivity index (χ0n) is 16.2. The summed E-state index contributed by atoms with van der Waals surface area (Å²) < 4.78 is 16.4. The Balaban J connectivity index is 0.00000225. The summed E-state index contributed by atoms with van der Waals surface area (Å²) >= 11 is 0. The molecule has 0 saturated heterocycles. The van der Waals surface area contributed by atoms with Crippen LogP contribution in [0.4, 0.5) is 0 Å². The van der Waals surface area contributed by atoms with E-state index in [2.05, 4.69) is 27.8 Å². The Kier molecular flexibility index (Phi) is 6.53. The molecule has 0 amide bonds. The van der Waals surface area contributed by atoms with E-state index < -0.39 is 0 Å². The largest absolute Gasteiger partial charge is 0.496 e. The second-order valence-corrected chi connectivity index (χ2v) is 6.94. The van der Waals surface area contributed by atoms with Gasteiger partial charge < -0.3 is 24.8 Å². The van der Waals surface area contributed by atoms with Gasteiger partial charge in [-0.3, -0.25) is 4.99 Å². The summed E-state index contributed by atoms with van der Waals surface area (Å²) in [6.07, 6.45) is 2.31. The van der Waals surface area contributed by atoms with Crippen molar-refractivity contribution in [3.05, 3.63) is 53.6 Å². The minimum absolute atomic E-state index is 0. The Morgan fingerprint density at radius 2 is 1.89 bits per heavy atom. The minimum atomic E-state index is 0. The number of hydrogen-bond donors (Lipinski definition) is 2. The second-order valence-electron chi connectivity index (χ2n) is 6.94. The number of ether oxygens (including phenoxy) is 3. The summed E-state index contributed by atoms with van der Waals surface area (Å²) in [7, 11) is 3.48. The van der Waals surface area contributed by atoms with Gasteiger partial charge in [-0.25, -0.2) is 0 Å². The summed E-state index contributed by atoms with van der Waals surface area (Å²) in [5.74, 6) is 3.33. The van der Waals surface area contributed by atoms with Crippen LogP contribution in [0.15, 0.2) is 47.5 Å². The molecule has 7 heteroatoms. The standard InChI is InChI=1S/C21H25N3O3.HI/c1-22-20(23-12-15-5-3-4-6-17(15)25-2)24-13-21(9-10-21)16-7-8-18-19(11-16)27-14-26-18;/h3-8,11H,9-10,12-14H2,1-2H3,(H2,22,23,24);1H. The molecule has 4 rings (SSSR count). The van der Waals surface area contributed by atoms with Crippen LogP contribution >= 0.6 is 24.0 Å². The first kappa shape index (κ1) is 20.6. The van der Waals surface area contributed by atoms with E-state index in [-0.39, 0.29) is 29.4 Å². The van der Waals surface area contributed by atoms with Crippen LogP contribution in [0.1, 0.15) is 24.0 Å². The van der Waals surface area contributed by atoms with Crippen LogP contribution in [-0.4, -0.2) is 33.5 Å². The summed E-state index contributed by atoms with van der Waals surface area (Å²) in [6, 6.07) is 14.3. The highest BCUT2D eigenvalue weighted by molar-refractivity contribution is 14.0. The predicted molar refractivity (Wildman–Crippen MR) is 120 cm³/mol. The number of hydrogen-bond acceptors (Lipinski definition) is 4. The lowest BCUT2D eigenvalue weighted by molar-refractivity contribution is 0.174. The van der Waals surface area contributed by atoms with Crippen molar-refractivity contribution in [3.63, 3.8) is 0 Å².